The Hall–Kier alpha value is -0.260. The Morgan fingerprint density at radius 3 is 2.22 bits per heavy atom. The molecule has 32 heavy (non-hydrogen) atoms. The Kier molecular flexibility index (Phi) is 10.4. The van der Waals surface area contributed by atoms with Gasteiger partial charge >= 0.3 is 0 Å². The number of allylic oxidation sites excluding steroid dienone is 2. The van der Waals surface area contributed by atoms with E-state index in [1.165, 1.54) is 70.6 Å². The first kappa shape index (κ1) is 28.0. The lowest BCUT2D eigenvalue weighted by Crippen LogP contribution is -2.50. The van der Waals surface area contributed by atoms with Crippen LogP contribution in [0.4, 0.5) is 0 Å². The molecule has 4 aliphatic carbocycles. The van der Waals surface area contributed by atoms with Crippen LogP contribution in [0.15, 0.2) is 11.6 Å². The molecule has 0 saturated heterocycles. The summed E-state index contributed by atoms with van der Waals surface area (Å²) in [7, 11) is 0. The molecule has 8 atom stereocenters. The first-order valence-corrected chi connectivity index (χ1v) is 14.9. The van der Waals surface area contributed by atoms with Crippen molar-refractivity contribution in [1.29, 1.82) is 0 Å². The van der Waals surface area contributed by atoms with Gasteiger partial charge in [-0.25, -0.2) is 0 Å². The number of rotatable bonds is 5. The third kappa shape index (κ3) is 5.35. The van der Waals surface area contributed by atoms with Gasteiger partial charge in [-0.2, -0.15) is 0 Å². The summed E-state index contributed by atoms with van der Waals surface area (Å²) in [5.41, 5.74) is 3.06. The zero-order valence-electron chi connectivity index (χ0n) is 23.9. The second kappa shape index (κ2) is 11.9. The number of hydrogen-bond acceptors (Lipinski definition) is 0. The molecule has 0 amide bonds. The minimum Gasteiger partial charge on any atom is -0.0845 e. The maximum atomic E-state index is 2.75. The van der Waals surface area contributed by atoms with Crippen molar-refractivity contribution >= 4 is 0 Å². The summed E-state index contributed by atoms with van der Waals surface area (Å²) >= 11 is 0. The molecule has 0 nitrogen and oxygen atoms in total. The van der Waals surface area contributed by atoms with E-state index in [-0.39, 0.29) is 0 Å². The summed E-state index contributed by atoms with van der Waals surface area (Å²) in [6.45, 7) is 23.3. The quantitative estimate of drug-likeness (QED) is 0.370. The van der Waals surface area contributed by atoms with E-state index >= 15 is 0 Å². The molecular weight excluding hydrogens is 384 g/mol. The summed E-state index contributed by atoms with van der Waals surface area (Å²) < 4.78 is 0. The van der Waals surface area contributed by atoms with Gasteiger partial charge in [0.05, 0.1) is 0 Å². The van der Waals surface area contributed by atoms with E-state index in [2.05, 4.69) is 47.6 Å². The molecule has 3 fully saturated rings. The highest BCUT2D eigenvalue weighted by Gasteiger charge is 2.58. The maximum Gasteiger partial charge on any atom is -0.00851 e. The average Bonchev–Trinajstić information content (AvgIpc) is 3.14. The maximum absolute atomic E-state index is 2.75. The van der Waals surface area contributed by atoms with Crippen LogP contribution in [0, 0.1) is 52.3 Å². The molecule has 4 rings (SSSR count). The fourth-order valence-corrected chi connectivity index (χ4v) is 8.87. The van der Waals surface area contributed by atoms with Crippen LogP contribution in [0.25, 0.3) is 0 Å². The number of fused-ring (bicyclic) bond motifs is 5. The van der Waals surface area contributed by atoms with Crippen molar-refractivity contribution in [1.82, 2.24) is 0 Å². The van der Waals surface area contributed by atoms with Crippen molar-refractivity contribution in [2.24, 2.45) is 52.3 Å². The van der Waals surface area contributed by atoms with Crippen molar-refractivity contribution in [3.05, 3.63) is 11.6 Å². The van der Waals surface area contributed by atoms with Gasteiger partial charge in [-0.1, -0.05) is 100 Å². The van der Waals surface area contributed by atoms with Crippen LogP contribution in [-0.2, 0) is 0 Å². The Morgan fingerprint density at radius 2 is 1.56 bits per heavy atom. The second-order valence-electron chi connectivity index (χ2n) is 12.6. The molecule has 4 aliphatic rings. The number of hydrogen-bond donors (Lipinski definition) is 0. The smallest absolute Gasteiger partial charge is 0.00851 e. The highest BCUT2D eigenvalue weighted by molar-refractivity contribution is 5.25. The van der Waals surface area contributed by atoms with Gasteiger partial charge in [-0.15, -0.1) is 0 Å². The topological polar surface area (TPSA) is 0 Å². The van der Waals surface area contributed by atoms with E-state index in [4.69, 9.17) is 0 Å². The van der Waals surface area contributed by atoms with Crippen LogP contribution in [-0.4, -0.2) is 0 Å². The summed E-state index contributed by atoms with van der Waals surface area (Å²) in [5, 5.41) is 0. The molecule has 0 spiro atoms. The van der Waals surface area contributed by atoms with E-state index in [9.17, 15) is 0 Å². The van der Waals surface area contributed by atoms with Crippen LogP contribution in [0.1, 0.15) is 140 Å². The Bertz CT molecular complexity index is 585. The molecule has 3 saturated carbocycles. The first-order chi connectivity index (χ1) is 15.3. The Labute approximate surface area is 203 Å². The van der Waals surface area contributed by atoms with E-state index in [1.807, 2.05) is 33.3 Å². The lowest BCUT2D eigenvalue weighted by atomic mass is 9.46. The zero-order chi connectivity index (χ0) is 24.1. The predicted molar refractivity (Wildman–Crippen MR) is 145 cm³/mol. The van der Waals surface area contributed by atoms with Gasteiger partial charge in [0.25, 0.3) is 0 Å². The first-order valence-electron chi connectivity index (χ1n) is 14.9. The molecule has 0 N–H and O–H groups in total. The van der Waals surface area contributed by atoms with E-state index in [1.54, 1.807) is 0 Å². The largest absolute Gasteiger partial charge is 0.0845 e. The second-order valence-corrected chi connectivity index (χ2v) is 12.6. The molecule has 0 aliphatic heterocycles. The molecular formula is C32H60. The van der Waals surface area contributed by atoms with Gasteiger partial charge in [-0.3, -0.25) is 0 Å². The summed E-state index contributed by atoms with van der Waals surface area (Å²) in [6.07, 6.45) is 19.0. The third-order valence-corrected chi connectivity index (χ3v) is 10.6. The zero-order valence-corrected chi connectivity index (χ0v) is 23.9. The summed E-state index contributed by atoms with van der Waals surface area (Å²) in [4.78, 5) is 0. The van der Waals surface area contributed by atoms with Crippen LogP contribution in [0.3, 0.4) is 0 Å². The molecule has 0 radical (unpaired) electrons. The predicted octanol–water partition coefficient (Wildman–Crippen LogP) is 10.7. The fourth-order valence-electron chi connectivity index (χ4n) is 8.87. The lowest BCUT2D eigenvalue weighted by Gasteiger charge is -2.58. The molecule has 0 aromatic carbocycles. The minimum absolute atomic E-state index is 0.553. The van der Waals surface area contributed by atoms with Gasteiger partial charge in [0, 0.05) is 0 Å². The van der Waals surface area contributed by atoms with Crippen molar-refractivity contribution in [3.8, 4) is 0 Å². The highest BCUT2D eigenvalue weighted by atomic mass is 14.6. The van der Waals surface area contributed by atoms with E-state index in [0.29, 0.717) is 10.8 Å². The SMILES string of the molecule is CC.CC.CC(C)CCCC(C)C1CCC2C3CC=C4CC(C)CCC4(C)C3CCC12C. The van der Waals surface area contributed by atoms with Crippen LogP contribution >= 0.6 is 0 Å². The molecule has 8 unspecified atom stereocenters. The van der Waals surface area contributed by atoms with Gasteiger partial charge in [0.2, 0.25) is 0 Å². The third-order valence-electron chi connectivity index (χ3n) is 10.6. The van der Waals surface area contributed by atoms with Gasteiger partial charge in [0.15, 0.2) is 0 Å². The highest BCUT2D eigenvalue weighted by Crippen LogP contribution is 2.67. The molecule has 0 aromatic heterocycles. The van der Waals surface area contributed by atoms with Gasteiger partial charge < -0.3 is 0 Å². The lowest BCUT2D eigenvalue weighted by molar-refractivity contribution is -0.0523. The van der Waals surface area contributed by atoms with Crippen molar-refractivity contribution in [2.45, 2.75) is 140 Å². The fraction of sp³-hybridized carbons (Fsp3) is 0.938. The van der Waals surface area contributed by atoms with Crippen molar-refractivity contribution < 1.29 is 0 Å². The Balaban J connectivity index is 0.000000860. The minimum atomic E-state index is 0.553. The summed E-state index contributed by atoms with van der Waals surface area (Å²) in [5.74, 6) is 6.73. The molecule has 0 heteroatoms. The summed E-state index contributed by atoms with van der Waals surface area (Å²) in [6, 6.07) is 0. The van der Waals surface area contributed by atoms with Gasteiger partial charge in [-0.05, 0) is 104 Å². The average molecular weight is 445 g/mol. The molecule has 188 valence electrons. The molecule has 0 heterocycles. The monoisotopic (exact) mass is 444 g/mol. The van der Waals surface area contributed by atoms with Gasteiger partial charge in [0.1, 0.15) is 0 Å². The Morgan fingerprint density at radius 1 is 0.875 bits per heavy atom. The van der Waals surface area contributed by atoms with E-state index in [0.717, 1.165) is 41.4 Å². The van der Waals surface area contributed by atoms with Crippen LogP contribution < -0.4 is 0 Å². The van der Waals surface area contributed by atoms with E-state index < -0.39 is 0 Å². The normalized spacial score (nSPS) is 41.1. The van der Waals surface area contributed by atoms with Crippen LogP contribution in [0.2, 0.25) is 0 Å². The van der Waals surface area contributed by atoms with Crippen molar-refractivity contribution in [3.63, 3.8) is 0 Å². The van der Waals surface area contributed by atoms with Crippen LogP contribution in [0.5, 0.6) is 0 Å². The molecule has 0 bridgehead atoms. The van der Waals surface area contributed by atoms with Crippen molar-refractivity contribution in [2.75, 3.05) is 0 Å². The molecule has 0 aromatic rings. The standard InChI is InChI=1S/C28H48.2C2H6/c1-19(2)8-7-9-21(4)24-12-13-25-23-11-10-22-18-20(3)14-16-27(22,5)26(23)15-17-28(24,25)6;2*1-2/h10,19-21,23-26H,7-9,11-18H2,1-6H3;2*1-2H3.